The zero-order chi connectivity index (χ0) is 16.7. The molecule has 7 nitrogen and oxygen atoms in total. The topological polar surface area (TPSA) is 97.2 Å². The van der Waals surface area contributed by atoms with Crippen LogP contribution in [-0.2, 0) is 12.8 Å². The molecule has 0 fully saturated rings. The molecule has 0 atom stereocenters. The van der Waals surface area contributed by atoms with Crippen molar-refractivity contribution in [1.82, 2.24) is 9.66 Å². The summed E-state index contributed by atoms with van der Waals surface area (Å²) in [4.78, 5) is 16.9. The fraction of sp³-hybridized carbons (Fsp3) is 0.188. The molecule has 2 heterocycles. The van der Waals surface area contributed by atoms with Crippen molar-refractivity contribution in [3.05, 3.63) is 62.2 Å². The van der Waals surface area contributed by atoms with Crippen LogP contribution in [0, 0.1) is 15.5 Å². The number of nitrogens with zero attached hydrogens (tertiary/aromatic N) is 4. The zero-order valence-corrected chi connectivity index (χ0v) is 13.4. The monoisotopic (exact) mass is 339 g/mol. The molecule has 0 bridgehead atoms. The molecule has 3 aromatic rings. The third kappa shape index (κ3) is 2.41. The molecule has 1 aromatic carbocycles. The summed E-state index contributed by atoms with van der Waals surface area (Å²) in [7, 11) is 0. The number of thiophene rings is 1. The summed E-state index contributed by atoms with van der Waals surface area (Å²) in [5, 5.41) is 24.3. The van der Waals surface area contributed by atoms with E-state index in [2.05, 4.69) is 10.1 Å². The summed E-state index contributed by atoms with van der Waals surface area (Å²) in [6.07, 6.45) is 6.32. The Morgan fingerprint density at radius 1 is 1.33 bits per heavy atom. The van der Waals surface area contributed by atoms with E-state index in [4.69, 9.17) is 5.41 Å². The Morgan fingerprint density at radius 3 is 2.88 bits per heavy atom. The number of nitrogens with one attached hydrogen (secondary N) is 1. The van der Waals surface area contributed by atoms with Gasteiger partial charge in [-0.2, -0.15) is 5.10 Å². The minimum absolute atomic E-state index is 0.0397. The van der Waals surface area contributed by atoms with Gasteiger partial charge in [0.15, 0.2) is 5.49 Å². The van der Waals surface area contributed by atoms with Gasteiger partial charge in [0.1, 0.15) is 11.2 Å². The van der Waals surface area contributed by atoms with Crippen LogP contribution < -0.4 is 5.49 Å². The van der Waals surface area contributed by atoms with Crippen molar-refractivity contribution in [1.29, 1.82) is 5.41 Å². The number of hydrogen-bond donors (Lipinski definition) is 1. The van der Waals surface area contributed by atoms with Crippen LogP contribution in [0.2, 0.25) is 0 Å². The lowest BCUT2D eigenvalue weighted by molar-refractivity contribution is -0.384. The van der Waals surface area contributed by atoms with Crippen LogP contribution in [0.5, 0.6) is 0 Å². The SMILES string of the molecule is N=c1c2c3c(sc2ncn1/N=C/c1ccc([N+](=O)[O-])cc1)CCC3. The highest BCUT2D eigenvalue weighted by Crippen LogP contribution is 2.34. The summed E-state index contributed by atoms with van der Waals surface area (Å²) < 4.78 is 1.44. The number of non-ortho nitro benzene ring substituents is 1. The number of nitro benzene ring substituents is 1. The smallest absolute Gasteiger partial charge is 0.269 e. The van der Waals surface area contributed by atoms with Crippen LogP contribution in [0.15, 0.2) is 35.7 Å². The van der Waals surface area contributed by atoms with Gasteiger partial charge < -0.3 is 0 Å². The predicted molar refractivity (Wildman–Crippen MR) is 91.6 cm³/mol. The molecule has 8 heteroatoms. The maximum absolute atomic E-state index is 10.7. The van der Waals surface area contributed by atoms with Gasteiger partial charge in [-0.1, -0.05) is 0 Å². The van der Waals surface area contributed by atoms with Gasteiger partial charge in [0, 0.05) is 17.0 Å². The Kier molecular flexibility index (Phi) is 3.46. The van der Waals surface area contributed by atoms with Crippen molar-refractivity contribution in [3.8, 4) is 0 Å². The average Bonchev–Trinajstić information content (AvgIpc) is 3.15. The fourth-order valence-corrected chi connectivity index (χ4v) is 4.13. The van der Waals surface area contributed by atoms with Gasteiger partial charge in [-0.05, 0) is 42.5 Å². The number of hydrogen-bond acceptors (Lipinski definition) is 6. The molecule has 0 aliphatic heterocycles. The lowest BCUT2D eigenvalue weighted by Crippen LogP contribution is -2.17. The lowest BCUT2D eigenvalue weighted by atomic mass is 10.2. The lowest BCUT2D eigenvalue weighted by Gasteiger charge is -2.01. The molecule has 1 aliphatic rings. The molecular weight excluding hydrogens is 326 g/mol. The van der Waals surface area contributed by atoms with Gasteiger partial charge in [-0.15, -0.1) is 11.3 Å². The van der Waals surface area contributed by atoms with Crippen LogP contribution in [0.1, 0.15) is 22.4 Å². The Hall–Kier alpha value is -2.87. The van der Waals surface area contributed by atoms with Gasteiger partial charge in [0.2, 0.25) is 0 Å². The normalized spacial score (nSPS) is 13.7. The van der Waals surface area contributed by atoms with Crippen LogP contribution in [0.3, 0.4) is 0 Å². The molecule has 4 rings (SSSR count). The van der Waals surface area contributed by atoms with E-state index in [1.54, 1.807) is 29.7 Å². The second kappa shape index (κ2) is 5.64. The number of benzene rings is 1. The van der Waals surface area contributed by atoms with E-state index in [0.29, 0.717) is 5.49 Å². The number of aromatic nitrogens is 2. The van der Waals surface area contributed by atoms with E-state index in [0.717, 1.165) is 35.0 Å². The van der Waals surface area contributed by atoms with E-state index in [-0.39, 0.29) is 5.69 Å². The van der Waals surface area contributed by atoms with Gasteiger partial charge >= 0.3 is 0 Å². The van der Waals surface area contributed by atoms with Crippen LogP contribution in [0.4, 0.5) is 5.69 Å². The second-order valence-electron chi connectivity index (χ2n) is 5.57. The molecule has 1 aliphatic carbocycles. The van der Waals surface area contributed by atoms with E-state index < -0.39 is 4.92 Å². The molecular formula is C16H13N5O2S. The standard InChI is InChI=1S/C16H13N5O2S/c17-15-14-12-2-1-3-13(12)24-16(14)18-9-20(15)19-8-10-4-6-11(7-5-10)21(22)23/h4-9,17H,1-3H2/b17-15?,19-8+. The largest absolute Gasteiger partial charge is 0.282 e. The van der Waals surface area contributed by atoms with Crippen molar-refractivity contribution in [2.24, 2.45) is 5.10 Å². The molecule has 0 saturated carbocycles. The molecule has 0 saturated heterocycles. The molecule has 120 valence electrons. The van der Waals surface area contributed by atoms with E-state index >= 15 is 0 Å². The molecule has 0 amide bonds. The van der Waals surface area contributed by atoms with Gasteiger partial charge in [0.25, 0.3) is 5.69 Å². The Bertz CT molecular complexity index is 1030. The number of nitro groups is 1. The molecule has 0 spiro atoms. The first-order valence-electron chi connectivity index (χ1n) is 7.49. The van der Waals surface area contributed by atoms with Crippen molar-refractivity contribution in [3.63, 3.8) is 0 Å². The van der Waals surface area contributed by atoms with E-state index in [9.17, 15) is 10.1 Å². The number of fused-ring (bicyclic) bond motifs is 3. The van der Waals surface area contributed by atoms with Gasteiger partial charge in [-0.3, -0.25) is 15.5 Å². The third-order valence-electron chi connectivity index (χ3n) is 4.09. The Morgan fingerprint density at radius 2 is 2.12 bits per heavy atom. The maximum Gasteiger partial charge on any atom is 0.269 e. The summed E-state index contributed by atoms with van der Waals surface area (Å²) in [5.74, 6) is 0. The summed E-state index contributed by atoms with van der Waals surface area (Å²) in [6.45, 7) is 0. The highest BCUT2D eigenvalue weighted by molar-refractivity contribution is 7.18. The number of rotatable bonds is 3. The number of aryl methyl sites for hydroxylation is 2. The van der Waals surface area contributed by atoms with Crippen LogP contribution >= 0.6 is 11.3 Å². The van der Waals surface area contributed by atoms with Crippen LogP contribution in [0.25, 0.3) is 10.2 Å². The van der Waals surface area contributed by atoms with Crippen molar-refractivity contribution in [2.45, 2.75) is 19.3 Å². The van der Waals surface area contributed by atoms with Crippen LogP contribution in [-0.4, -0.2) is 20.8 Å². The zero-order valence-electron chi connectivity index (χ0n) is 12.6. The van der Waals surface area contributed by atoms with Gasteiger partial charge in [0.05, 0.1) is 16.5 Å². The first-order valence-corrected chi connectivity index (χ1v) is 8.30. The predicted octanol–water partition coefficient (Wildman–Crippen LogP) is 2.86. The van der Waals surface area contributed by atoms with Gasteiger partial charge in [-0.25, -0.2) is 9.66 Å². The molecule has 2 aromatic heterocycles. The minimum Gasteiger partial charge on any atom is -0.282 e. The van der Waals surface area contributed by atoms with E-state index in [1.807, 2.05) is 0 Å². The summed E-state index contributed by atoms with van der Waals surface area (Å²) in [5.41, 5.74) is 2.34. The molecule has 0 unspecified atom stereocenters. The van der Waals surface area contributed by atoms with Crippen molar-refractivity contribution in [2.75, 3.05) is 0 Å². The first-order chi connectivity index (χ1) is 11.6. The highest BCUT2D eigenvalue weighted by atomic mass is 32.1. The quantitative estimate of drug-likeness (QED) is 0.451. The minimum atomic E-state index is -0.438. The molecule has 0 radical (unpaired) electrons. The van der Waals surface area contributed by atoms with Crippen molar-refractivity contribution >= 4 is 33.5 Å². The molecule has 1 N–H and O–H groups in total. The fourth-order valence-electron chi connectivity index (χ4n) is 2.90. The Labute approximate surface area is 140 Å². The Balaban J connectivity index is 1.70. The van der Waals surface area contributed by atoms with Crippen molar-refractivity contribution < 1.29 is 4.92 Å². The molecule has 24 heavy (non-hydrogen) atoms. The summed E-state index contributed by atoms with van der Waals surface area (Å²) in [6, 6.07) is 6.11. The second-order valence-corrected chi connectivity index (χ2v) is 6.65. The highest BCUT2D eigenvalue weighted by Gasteiger charge is 2.19. The maximum atomic E-state index is 10.7. The first kappa shape index (κ1) is 14.7. The van der Waals surface area contributed by atoms with E-state index in [1.165, 1.54) is 33.6 Å². The third-order valence-corrected chi connectivity index (χ3v) is 5.29. The average molecular weight is 339 g/mol. The summed E-state index contributed by atoms with van der Waals surface area (Å²) >= 11 is 1.67.